The zero-order chi connectivity index (χ0) is 17.3. The number of hydrogen-bond acceptors (Lipinski definition) is 4. The van der Waals surface area contributed by atoms with Crippen molar-refractivity contribution in [3.63, 3.8) is 0 Å². The second kappa shape index (κ2) is 6.14. The summed E-state index contributed by atoms with van der Waals surface area (Å²) in [6.07, 6.45) is -0.322. The van der Waals surface area contributed by atoms with Crippen LogP contribution in [0.1, 0.15) is 6.42 Å². The van der Waals surface area contributed by atoms with Crippen LogP contribution in [0, 0.1) is 0 Å². The van der Waals surface area contributed by atoms with E-state index in [2.05, 4.69) is 15.4 Å². The highest BCUT2D eigenvalue weighted by atomic mass is 35.5. The maximum atomic E-state index is 12.5. The number of sulfonamides is 1. The van der Waals surface area contributed by atoms with Gasteiger partial charge in [-0.1, -0.05) is 17.7 Å². The zero-order valence-electron chi connectivity index (χ0n) is 12.2. The molecule has 0 fully saturated rings. The number of fused-ring (bicyclic) bond motifs is 1. The molecule has 3 N–H and O–H groups in total. The quantitative estimate of drug-likeness (QED) is 0.726. The van der Waals surface area contributed by atoms with Gasteiger partial charge in [-0.25, -0.2) is 8.42 Å². The minimum absolute atomic E-state index is 0.0577. The van der Waals surface area contributed by atoms with Crippen LogP contribution in [0.2, 0.25) is 5.02 Å². The molecule has 2 aromatic rings. The van der Waals surface area contributed by atoms with Gasteiger partial charge in [0.25, 0.3) is 10.0 Å². The lowest BCUT2D eigenvalue weighted by molar-refractivity contribution is -0.123. The number of carbonyl (C=O) groups excluding carboxylic acids is 2. The minimum Gasteiger partial charge on any atom is -0.324 e. The standard InChI is InChI=1S/C15H12ClN3O4S/c16-9-2-1-3-10(6-9)19-24(22,23)11-4-5-12-13(7-11)18-15(21)8-14(20)17-12/h1-7,19H,8H2,(H,17,20)(H,18,21). The van der Waals surface area contributed by atoms with Crippen LogP contribution in [0.3, 0.4) is 0 Å². The number of hydrogen-bond donors (Lipinski definition) is 3. The number of benzene rings is 2. The molecule has 7 nitrogen and oxygen atoms in total. The average molecular weight is 366 g/mol. The van der Waals surface area contributed by atoms with Gasteiger partial charge in [0.2, 0.25) is 11.8 Å². The third-order valence-corrected chi connectivity index (χ3v) is 4.86. The van der Waals surface area contributed by atoms with Crippen molar-refractivity contribution in [2.75, 3.05) is 15.4 Å². The van der Waals surface area contributed by atoms with Gasteiger partial charge in [-0.15, -0.1) is 0 Å². The lowest BCUT2D eigenvalue weighted by Gasteiger charge is -2.12. The predicted molar refractivity (Wildman–Crippen MR) is 90.6 cm³/mol. The van der Waals surface area contributed by atoms with Gasteiger partial charge < -0.3 is 10.6 Å². The number of halogens is 1. The number of nitrogens with one attached hydrogen (secondary N) is 3. The van der Waals surface area contributed by atoms with Crippen LogP contribution in [0.15, 0.2) is 47.4 Å². The maximum Gasteiger partial charge on any atom is 0.261 e. The Morgan fingerprint density at radius 2 is 1.67 bits per heavy atom. The van der Waals surface area contributed by atoms with Crippen LogP contribution in [-0.2, 0) is 19.6 Å². The summed E-state index contributed by atoms with van der Waals surface area (Å²) >= 11 is 5.84. The molecule has 0 aromatic heterocycles. The lowest BCUT2D eigenvalue weighted by Crippen LogP contribution is -2.16. The molecular formula is C15H12ClN3O4S. The lowest BCUT2D eigenvalue weighted by atomic mass is 10.2. The van der Waals surface area contributed by atoms with E-state index in [-0.39, 0.29) is 17.0 Å². The van der Waals surface area contributed by atoms with Crippen molar-refractivity contribution in [1.29, 1.82) is 0 Å². The van der Waals surface area contributed by atoms with E-state index in [1.807, 2.05) is 0 Å². The SMILES string of the molecule is O=C1CC(=O)Nc2cc(S(=O)(=O)Nc3cccc(Cl)c3)ccc2N1. The minimum atomic E-state index is -3.88. The second-order valence-electron chi connectivity index (χ2n) is 5.10. The van der Waals surface area contributed by atoms with Gasteiger partial charge >= 0.3 is 0 Å². The van der Waals surface area contributed by atoms with Crippen LogP contribution in [0.25, 0.3) is 0 Å². The molecule has 0 bridgehead atoms. The molecule has 0 saturated carbocycles. The van der Waals surface area contributed by atoms with Crippen molar-refractivity contribution in [2.24, 2.45) is 0 Å². The van der Waals surface area contributed by atoms with Crippen LogP contribution >= 0.6 is 11.6 Å². The first-order valence-electron chi connectivity index (χ1n) is 6.86. The molecule has 1 aliphatic heterocycles. The van der Waals surface area contributed by atoms with E-state index < -0.39 is 21.8 Å². The van der Waals surface area contributed by atoms with E-state index in [0.29, 0.717) is 16.4 Å². The normalized spacial score (nSPS) is 14.2. The number of amides is 2. The zero-order valence-corrected chi connectivity index (χ0v) is 13.7. The third-order valence-electron chi connectivity index (χ3n) is 3.25. The summed E-state index contributed by atoms with van der Waals surface area (Å²) in [6, 6.07) is 10.3. The molecule has 0 unspecified atom stereocenters. The van der Waals surface area contributed by atoms with Crippen molar-refractivity contribution >= 4 is 50.5 Å². The highest BCUT2D eigenvalue weighted by Crippen LogP contribution is 2.29. The number of carbonyl (C=O) groups is 2. The first-order chi connectivity index (χ1) is 11.3. The summed E-state index contributed by atoms with van der Waals surface area (Å²) in [7, 11) is -3.88. The van der Waals surface area contributed by atoms with Gasteiger partial charge in [0, 0.05) is 5.02 Å². The molecule has 124 valence electrons. The van der Waals surface area contributed by atoms with Crippen LogP contribution in [-0.4, -0.2) is 20.2 Å². The van der Waals surface area contributed by atoms with Crippen molar-refractivity contribution in [1.82, 2.24) is 0 Å². The van der Waals surface area contributed by atoms with E-state index >= 15 is 0 Å². The fraction of sp³-hybridized carbons (Fsp3) is 0.0667. The summed E-state index contributed by atoms with van der Waals surface area (Å²) in [6.45, 7) is 0. The first kappa shape index (κ1) is 16.3. The molecular weight excluding hydrogens is 354 g/mol. The highest BCUT2D eigenvalue weighted by Gasteiger charge is 2.21. The van der Waals surface area contributed by atoms with Crippen molar-refractivity contribution in [3.05, 3.63) is 47.5 Å². The van der Waals surface area contributed by atoms with Crippen molar-refractivity contribution in [3.8, 4) is 0 Å². The van der Waals surface area contributed by atoms with Gasteiger partial charge in [-0.05, 0) is 36.4 Å². The Labute approximate surface area is 143 Å². The van der Waals surface area contributed by atoms with Crippen molar-refractivity contribution < 1.29 is 18.0 Å². The Kier molecular flexibility index (Phi) is 4.16. The Balaban J connectivity index is 1.94. The first-order valence-corrected chi connectivity index (χ1v) is 8.72. The van der Waals surface area contributed by atoms with Gasteiger partial charge in [-0.3, -0.25) is 14.3 Å². The maximum absolute atomic E-state index is 12.5. The molecule has 0 saturated heterocycles. The van der Waals surface area contributed by atoms with Crippen LogP contribution in [0.5, 0.6) is 0 Å². The van der Waals surface area contributed by atoms with E-state index in [9.17, 15) is 18.0 Å². The fourth-order valence-electron chi connectivity index (χ4n) is 2.20. The molecule has 0 spiro atoms. The molecule has 1 heterocycles. The predicted octanol–water partition coefficient (Wildman–Crippen LogP) is 2.42. The molecule has 1 aliphatic rings. The summed E-state index contributed by atoms with van der Waals surface area (Å²) in [4.78, 5) is 23.0. The third kappa shape index (κ3) is 3.50. The molecule has 24 heavy (non-hydrogen) atoms. The van der Waals surface area contributed by atoms with Crippen LogP contribution in [0.4, 0.5) is 17.1 Å². The topological polar surface area (TPSA) is 104 Å². The van der Waals surface area contributed by atoms with E-state index in [4.69, 9.17) is 11.6 Å². The molecule has 0 aliphatic carbocycles. The summed E-state index contributed by atoms with van der Waals surface area (Å²) in [5.74, 6) is -0.970. The smallest absolute Gasteiger partial charge is 0.261 e. The van der Waals surface area contributed by atoms with Gasteiger partial charge in [0.15, 0.2) is 0 Å². The van der Waals surface area contributed by atoms with E-state index in [1.165, 1.54) is 24.3 Å². The monoisotopic (exact) mass is 365 g/mol. The second-order valence-corrected chi connectivity index (χ2v) is 7.22. The Hall–Kier alpha value is -2.58. The Morgan fingerprint density at radius 1 is 0.958 bits per heavy atom. The Bertz CT molecular complexity index is 943. The molecule has 2 aromatic carbocycles. The molecule has 0 atom stereocenters. The number of anilines is 3. The molecule has 0 radical (unpaired) electrons. The van der Waals surface area contributed by atoms with Crippen LogP contribution < -0.4 is 15.4 Å². The number of rotatable bonds is 3. The van der Waals surface area contributed by atoms with Crippen molar-refractivity contribution in [2.45, 2.75) is 11.3 Å². The summed E-state index contributed by atoms with van der Waals surface area (Å²) in [5.41, 5.74) is 0.877. The Morgan fingerprint density at radius 3 is 2.38 bits per heavy atom. The largest absolute Gasteiger partial charge is 0.324 e. The average Bonchev–Trinajstić information content (AvgIpc) is 2.62. The van der Waals surface area contributed by atoms with Gasteiger partial charge in [-0.2, -0.15) is 0 Å². The van der Waals surface area contributed by atoms with E-state index in [0.717, 1.165) is 0 Å². The van der Waals surface area contributed by atoms with Gasteiger partial charge in [0.1, 0.15) is 6.42 Å². The van der Waals surface area contributed by atoms with Gasteiger partial charge in [0.05, 0.1) is 22.0 Å². The summed E-state index contributed by atoms with van der Waals surface area (Å²) < 4.78 is 27.4. The molecule has 2 amide bonds. The molecule has 9 heteroatoms. The van der Waals surface area contributed by atoms with E-state index in [1.54, 1.807) is 18.2 Å². The summed E-state index contributed by atoms with van der Waals surface area (Å²) in [5, 5.41) is 5.43. The highest BCUT2D eigenvalue weighted by molar-refractivity contribution is 7.92. The fourth-order valence-corrected chi connectivity index (χ4v) is 3.47. The molecule has 3 rings (SSSR count).